The smallest absolute Gasteiger partial charge is 0.415 e. The van der Waals surface area contributed by atoms with Crippen LogP contribution >= 0.6 is 0 Å². The van der Waals surface area contributed by atoms with Gasteiger partial charge in [-0.05, 0) is 26.4 Å². The van der Waals surface area contributed by atoms with Gasteiger partial charge < -0.3 is 4.74 Å². The molecule has 3 heterocycles. The van der Waals surface area contributed by atoms with Gasteiger partial charge in [0, 0.05) is 0 Å². The highest BCUT2D eigenvalue weighted by Crippen LogP contribution is 2.29. The van der Waals surface area contributed by atoms with Crippen LogP contribution < -0.4 is 4.90 Å². The number of rotatable bonds is 2. The van der Waals surface area contributed by atoms with Crippen LogP contribution in [0.5, 0.6) is 0 Å². The molecule has 1 atom stereocenters. The molecule has 1 amide bonds. The summed E-state index contributed by atoms with van der Waals surface area (Å²) in [5.41, 5.74) is 0.937. The van der Waals surface area contributed by atoms with Gasteiger partial charge in [-0.25, -0.2) is 9.78 Å². The molecule has 6 heteroatoms. The summed E-state index contributed by atoms with van der Waals surface area (Å²) in [6, 6.07) is 0.316. The fraction of sp³-hybridized carbons (Fsp3) is 0.583. The number of nitrogens with zero attached hydrogens (tertiary/aromatic N) is 4. The average molecular weight is 248 g/mol. The fourth-order valence-corrected chi connectivity index (χ4v) is 2.55. The molecule has 0 unspecified atom stereocenters. The van der Waals surface area contributed by atoms with E-state index in [-0.39, 0.29) is 6.09 Å². The molecule has 0 aromatic carbocycles. The lowest BCUT2D eigenvalue weighted by atomic mass is 10.1. The number of hydrogen-bond acceptors (Lipinski definition) is 5. The Labute approximate surface area is 106 Å². The maximum absolute atomic E-state index is 11.5. The second-order valence-electron chi connectivity index (χ2n) is 4.71. The molecule has 1 aromatic rings. The molecule has 2 fully saturated rings. The highest BCUT2D eigenvalue weighted by atomic mass is 16.6. The molecule has 0 radical (unpaired) electrons. The third-order valence-corrected chi connectivity index (χ3v) is 3.54. The number of aromatic nitrogens is 2. The molecule has 18 heavy (non-hydrogen) atoms. The SMILES string of the molecule is CN1CCC[C@H]1c1cncc(N2CCOC2=O)n1. The summed E-state index contributed by atoms with van der Waals surface area (Å²) >= 11 is 0. The average Bonchev–Trinajstić information content (AvgIpc) is 2.98. The summed E-state index contributed by atoms with van der Waals surface area (Å²) in [4.78, 5) is 24.1. The van der Waals surface area contributed by atoms with Gasteiger partial charge in [0.25, 0.3) is 0 Å². The van der Waals surface area contributed by atoms with E-state index < -0.39 is 0 Å². The van der Waals surface area contributed by atoms with E-state index in [4.69, 9.17) is 4.74 Å². The largest absolute Gasteiger partial charge is 0.447 e. The predicted molar refractivity (Wildman–Crippen MR) is 65.3 cm³/mol. The first kappa shape index (κ1) is 11.4. The number of carbonyl (C=O) groups excluding carboxylic acids is 1. The van der Waals surface area contributed by atoms with Gasteiger partial charge in [-0.1, -0.05) is 0 Å². The van der Waals surface area contributed by atoms with Crippen LogP contribution in [0.1, 0.15) is 24.6 Å². The minimum absolute atomic E-state index is 0.316. The summed E-state index contributed by atoms with van der Waals surface area (Å²) in [6.45, 7) is 2.06. The Morgan fingerprint density at radius 2 is 2.28 bits per heavy atom. The third kappa shape index (κ3) is 1.92. The molecule has 3 rings (SSSR count). The molecule has 0 bridgehead atoms. The normalized spacial score (nSPS) is 24.6. The Kier molecular flexibility index (Phi) is 2.87. The van der Waals surface area contributed by atoms with Crippen LogP contribution in [0.4, 0.5) is 10.6 Å². The van der Waals surface area contributed by atoms with Gasteiger partial charge in [-0.3, -0.25) is 14.8 Å². The van der Waals surface area contributed by atoms with Crippen molar-refractivity contribution in [2.24, 2.45) is 0 Å². The Bertz CT molecular complexity index is 465. The molecule has 96 valence electrons. The van der Waals surface area contributed by atoms with Crippen LogP contribution in [0.3, 0.4) is 0 Å². The van der Waals surface area contributed by atoms with Crippen LogP contribution in [-0.2, 0) is 4.74 Å². The minimum Gasteiger partial charge on any atom is -0.447 e. The van der Waals surface area contributed by atoms with Gasteiger partial charge in [0.15, 0.2) is 5.82 Å². The topological polar surface area (TPSA) is 58.6 Å². The van der Waals surface area contributed by atoms with Gasteiger partial charge in [0.2, 0.25) is 0 Å². The van der Waals surface area contributed by atoms with E-state index in [0.717, 1.165) is 18.7 Å². The van der Waals surface area contributed by atoms with Gasteiger partial charge in [-0.2, -0.15) is 0 Å². The Hall–Kier alpha value is -1.69. The molecule has 2 aliphatic heterocycles. The van der Waals surface area contributed by atoms with Crippen molar-refractivity contribution in [2.45, 2.75) is 18.9 Å². The minimum atomic E-state index is -0.332. The Morgan fingerprint density at radius 3 is 2.94 bits per heavy atom. The number of cyclic esters (lactones) is 1. The zero-order valence-corrected chi connectivity index (χ0v) is 10.4. The van der Waals surface area contributed by atoms with E-state index in [9.17, 15) is 4.79 Å². The zero-order valence-electron chi connectivity index (χ0n) is 10.4. The Balaban J connectivity index is 1.87. The van der Waals surface area contributed by atoms with Crippen molar-refractivity contribution in [3.8, 4) is 0 Å². The van der Waals surface area contributed by atoms with E-state index in [1.54, 1.807) is 12.4 Å². The van der Waals surface area contributed by atoms with Crippen molar-refractivity contribution < 1.29 is 9.53 Å². The third-order valence-electron chi connectivity index (χ3n) is 3.54. The van der Waals surface area contributed by atoms with Crippen molar-refractivity contribution in [1.82, 2.24) is 14.9 Å². The van der Waals surface area contributed by atoms with Gasteiger partial charge in [0.05, 0.1) is 30.7 Å². The van der Waals surface area contributed by atoms with E-state index in [2.05, 4.69) is 21.9 Å². The van der Waals surface area contributed by atoms with Gasteiger partial charge in [-0.15, -0.1) is 0 Å². The van der Waals surface area contributed by atoms with Crippen molar-refractivity contribution >= 4 is 11.9 Å². The van der Waals surface area contributed by atoms with E-state index in [1.165, 1.54) is 11.3 Å². The summed E-state index contributed by atoms with van der Waals surface area (Å²) in [5, 5.41) is 0. The van der Waals surface area contributed by atoms with Gasteiger partial charge in [0.1, 0.15) is 6.61 Å². The number of hydrogen-bond donors (Lipinski definition) is 0. The van der Waals surface area contributed by atoms with Crippen LogP contribution in [0.15, 0.2) is 12.4 Å². The zero-order chi connectivity index (χ0) is 12.5. The summed E-state index contributed by atoms with van der Waals surface area (Å²) in [7, 11) is 2.09. The molecule has 1 aromatic heterocycles. The second kappa shape index (κ2) is 4.53. The first-order valence-corrected chi connectivity index (χ1v) is 6.22. The first-order valence-electron chi connectivity index (χ1n) is 6.22. The van der Waals surface area contributed by atoms with Crippen LogP contribution in [0, 0.1) is 0 Å². The highest BCUT2D eigenvalue weighted by Gasteiger charge is 2.28. The van der Waals surface area contributed by atoms with Crippen LogP contribution in [0.2, 0.25) is 0 Å². The second-order valence-corrected chi connectivity index (χ2v) is 4.71. The quantitative estimate of drug-likeness (QED) is 0.787. The summed E-state index contributed by atoms with van der Waals surface area (Å²) < 4.78 is 4.92. The van der Waals surface area contributed by atoms with Crippen molar-refractivity contribution in [2.75, 3.05) is 31.6 Å². The van der Waals surface area contributed by atoms with E-state index in [0.29, 0.717) is 25.0 Å². The van der Waals surface area contributed by atoms with Crippen molar-refractivity contribution in [3.05, 3.63) is 18.1 Å². The van der Waals surface area contributed by atoms with Crippen LogP contribution in [-0.4, -0.2) is 47.7 Å². The fourth-order valence-electron chi connectivity index (χ4n) is 2.55. The number of carbonyl (C=O) groups is 1. The molecule has 2 saturated heterocycles. The van der Waals surface area contributed by atoms with Gasteiger partial charge >= 0.3 is 6.09 Å². The molecule has 0 N–H and O–H groups in total. The monoisotopic (exact) mass is 248 g/mol. The number of likely N-dealkylation sites (tertiary alicyclic amines) is 1. The Morgan fingerprint density at radius 1 is 1.39 bits per heavy atom. The lowest BCUT2D eigenvalue weighted by Crippen LogP contribution is -2.26. The van der Waals surface area contributed by atoms with E-state index in [1.807, 2.05) is 0 Å². The molecular weight excluding hydrogens is 232 g/mol. The van der Waals surface area contributed by atoms with E-state index >= 15 is 0 Å². The van der Waals surface area contributed by atoms with Crippen molar-refractivity contribution in [1.29, 1.82) is 0 Å². The molecule has 0 aliphatic carbocycles. The van der Waals surface area contributed by atoms with Crippen LogP contribution in [0.25, 0.3) is 0 Å². The maximum Gasteiger partial charge on any atom is 0.415 e. The summed E-state index contributed by atoms with van der Waals surface area (Å²) in [5.74, 6) is 0.593. The predicted octanol–water partition coefficient (Wildman–Crippen LogP) is 1.20. The number of amides is 1. The summed E-state index contributed by atoms with van der Waals surface area (Å²) in [6.07, 6.45) is 5.35. The molecule has 2 aliphatic rings. The highest BCUT2D eigenvalue weighted by molar-refractivity contribution is 5.87. The molecule has 6 nitrogen and oxygen atoms in total. The van der Waals surface area contributed by atoms with Crippen molar-refractivity contribution in [3.63, 3.8) is 0 Å². The standard InChI is InChI=1S/C12H16N4O2/c1-15-4-2-3-10(15)9-7-13-8-11(14-9)16-5-6-18-12(16)17/h7-8,10H,2-6H2,1H3/t10-/m0/s1. The maximum atomic E-state index is 11.5. The lowest BCUT2D eigenvalue weighted by molar-refractivity contribution is 0.181. The number of ether oxygens (including phenoxy) is 1. The first-order chi connectivity index (χ1) is 8.75. The molecular formula is C12H16N4O2. The number of anilines is 1. The molecule has 0 spiro atoms. The molecule has 0 saturated carbocycles. The lowest BCUT2D eigenvalue weighted by Gasteiger charge is -2.20.